The maximum atomic E-state index is 12.4. The molecule has 3 rings (SSSR count). The summed E-state index contributed by atoms with van der Waals surface area (Å²) >= 11 is 0. The first-order valence-corrected chi connectivity index (χ1v) is 10.5. The topological polar surface area (TPSA) is 92.5 Å². The Balaban J connectivity index is 1.59. The Kier molecular flexibility index (Phi) is 5.46. The number of rotatable bonds is 4. The molecule has 2 fully saturated rings. The number of aryl methyl sites for hydroxylation is 1. The van der Waals surface area contributed by atoms with Gasteiger partial charge in [0.25, 0.3) is 0 Å². The number of fused-ring (bicyclic) bond motifs is 1. The van der Waals surface area contributed by atoms with Crippen LogP contribution < -0.4 is 10.5 Å². The SMILES string of the molecule is Cc1ccc(NC(=O)CN2CC[C@@H]3CCCC[C@H]3C2)cc1S(N)(=O)=O. The number of sulfonamides is 1. The second-order valence-electron chi connectivity index (χ2n) is 7.40. The highest BCUT2D eigenvalue weighted by Crippen LogP contribution is 2.35. The molecule has 2 aliphatic rings. The van der Waals surface area contributed by atoms with Gasteiger partial charge < -0.3 is 5.32 Å². The Hall–Kier alpha value is -1.44. The Morgan fingerprint density at radius 3 is 2.68 bits per heavy atom. The number of hydrogen-bond acceptors (Lipinski definition) is 4. The largest absolute Gasteiger partial charge is 0.325 e. The number of benzene rings is 1. The lowest BCUT2D eigenvalue weighted by Crippen LogP contribution is -2.44. The minimum atomic E-state index is -3.79. The van der Waals surface area contributed by atoms with Gasteiger partial charge >= 0.3 is 0 Å². The molecule has 0 unspecified atom stereocenters. The smallest absolute Gasteiger partial charge is 0.238 e. The van der Waals surface area contributed by atoms with Crippen LogP contribution in [0.5, 0.6) is 0 Å². The highest BCUT2D eigenvalue weighted by molar-refractivity contribution is 7.89. The van der Waals surface area contributed by atoms with Crippen LogP contribution in [0.4, 0.5) is 5.69 Å². The molecule has 2 atom stereocenters. The van der Waals surface area contributed by atoms with Crippen LogP contribution in [0.3, 0.4) is 0 Å². The van der Waals surface area contributed by atoms with E-state index in [0.717, 1.165) is 24.9 Å². The van der Waals surface area contributed by atoms with Gasteiger partial charge in [0.2, 0.25) is 15.9 Å². The number of nitrogens with two attached hydrogens (primary N) is 1. The summed E-state index contributed by atoms with van der Waals surface area (Å²) in [7, 11) is -3.79. The van der Waals surface area contributed by atoms with E-state index in [1.165, 1.54) is 38.2 Å². The van der Waals surface area contributed by atoms with Crippen LogP contribution in [-0.4, -0.2) is 38.9 Å². The Morgan fingerprint density at radius 2 is 1.96 bits per heavy atom. The summed E-state index contributed by atoms with van der Waals surface area (Å²) in [5.74, 6) is 1.45. The van der Waals surface area contributed by atoms with Crippen molar-refractivity contribution in [3.8, 4) is 0 Å². The van der Waals surface area contributed by atoms with Gasteiger partial charge in [-0.2, -0.15) is 0 Å². The lowest BCUT2D eigenvalue weighted by molar-refractivity contribution is -0.118. The van der Waals surface area contributed by atoms with Gasteiger partial charge in [-0.1, -0.05) is 25.3 Å². The minimum Gasteiger partial charge on any atom is -0.325 e. The van der Waals surface area contributed by atoms with E-state index >= 15 is 0 Å². The monoisotopic (exact) mass is 365 g/mol. The van der Waals surface area contributed by atoms with Crippen molar-refractivity contribution in [3.63, 3.8) is 0 Å². The first-order chi connectivity index (χ1) is 11.8. The summed E-state index contributed by atoms with van der Waals surface area (Å²) in [4.78, 5) is 14.6. The number of likely N-dealkylation sites (tertiary alicyclic amines) is 1. The molecule has 7 heteroatoms. The molecule has 3 N–H and O–H groups in total. The molecule has 1 aliphatic heterocycles. The predicted octanol–water partition coefficient (Wildman–Crippen LogP) is 2.09. The molecule has 0 aromatic heterocycles. The highest BCUT2D eigenvalue weighted by atomic mass is 32.2. The van der Waals surface area contributed by atoms with Crippen molar-refractivity contribution in [1.82, 2.24) is 4.90 Å². The summed E-state index contributed by atoms with van der Waals surface area (Å²) in [5.41, 5.74) is 1.03. The van der Waals surface area contributed by atoms with Crippen LogP contribution in [-0.2, 0) is 14.8 Å². The van der Waals surface area contributed by atoms with Crippen LogP contribution in [0, 0.1) is 18.8 Å². The minimum absolute atomic E-state index is 0.0494. The Morgan fingerprint density at radius 1 is 1.24 bits per heavy atom. The molecule has 1 aliphatic carbocycles. The number of nitrogens with zero attached hydrogens (tertiary/aromatic N) is 1. The maximum Gasteiger partial charge on any atom is 0.238 e. The van der Waals surface area contributed by atoms with Gasteiger partial charge in [0.15, 0.2) is 0 Å². The van der Waals surface area contributed by atoms with Gasteiger partial charge in [-0.05, 0) is 55.8 Å². The van der Waals surface area contributed by atoms with E-state index in [0.29, 0.717) is 17.8 Å². The fourth-order valence-electron chi connectivity index (χ4n) is 4.21. The van der Waals surface area contributed by atoms with Crippen molar-refractivity contribution >= 4 is 21.6 Å². The van der Waals surface area contributed by atoms with E-state index in [-0.39, 0.29) is 10.8 Å². The molecule has 25 heavy (non-hydrogen) atoms. The molecule has 6 nitrogen and oxygen atoms in total. The predicted molar refractivity (Wildman–Crippen MR) is 97.7 cm³/mol. The van der Waals surface area contributed by atoms with Crippen molar-refractivity contribution in [2.24, 2.45) is 17.0 Å². The normalized spacial score (nSPS) is 24.6. The number of primary sulfonamides is 1. The van der Waals surface area contributed by atoms with Gasteiger partial charge in [-0.15, -0.1) is 0 Å². The summed E-state index contributed by atoms with van der Waals surface area (Å²) in [6.07, 6.45) is 6.45. The van der Waals surface area contributed by atoms with Gasteiger partial charge in [0.05, 0.1) is 11.4 Å². The number of hydrogen-bond donors (Lipinski definition) is 2. The molecule has 1 aromatic rings. The van der Waals surface area contributed by atoms with Gasteiger partial charge in [0, 0.05) is 12.2 Å². The summed E-state index contributed by atoms with van der Waals surface area (Å²) in [6.45, 7) is 3.99. The molecular weight excluding hydrogens is 338 g/mol. The van der Waals surface area contributed by atoms with Crippen molar-refractivity contribution in [2.45, 2.75) is 43.9 Å². The third-order valence-electron chi connectivity index (χ3n) is 5.52. The molecule has 0 radical (unpaired) electrons. The number of nitrogens with one attached hydrogen (secondary N) is 1. The molecule has 1 aromatic carbocycles. The van der Waals surface area contributed by atoms with E-state index in [1.807, 2.05) is 0 Å². The zero-order valence-corrected chi connectivity index (χ0v) is 15.5. The summed E-state index contributed by atoms with van der Waals surface area (Å²) < 4.78 is 23.2. The number of carbonyl (C=O) groups excluding carboxylic acids is 1. The second kappa shape index (κ2) is 7.43. The quantitative estimate of drug-likeness (QED) is 0.854. The van der Waals surface area contributed by atoms with Crippen molar-refractivity contribution in [1.29, 1.82) is 0 Å². The van der Waals surface area contributed by atoms with E-state index in [2.05, 4.69) is 10.2 Å². The van der Waals surface area contributed by atoms with Crippen LogP contribution in [0.15, 0.2) is 23.1 Å². The third kappa shape index (κ3) is 4.59. The van der Waals surface area contributed by atoms with Crippen molar-refractivity contribution in [3.05, 3.63) is 23.8 Å². The Bertz CT molecular complexity index is 748. The lowest BCUT2D eigenvalue weighted by atomic mass is 9.75. The van der Waals surface area contributed by atoms with E-state index in [4.69, 9.17) is 5.14 Å². The first kappa shape index (κ1) is 18.4. The average Bonchev–Trinajstić information content (AvgIpc) is 2.55. The number of amides is 1. The molecule has 0 spiro atoms. The van der Waals surface area contributed by atoms with E-state index < -0.39 is 10.0 Å². The fraction of sp³-hybridized carbons (Fsp3) is 0.611. The lowest BCUT2D eigenvalue weighted by Gasteiger charge is -2.41. The zero-order chi connectivity index (χ0) is 18.0. The molecule has 1 heterocycles. The number of anilines is 1. The maximum absolute atomic E-state index is 12.4. The fourth-order valence-corrected chi connectivity index (χ4v) is 5.02. The first-order valence-electron chi connectivity index (χ1n) is 8.98. The van der Waals surface area contributed by atoms with Gasteiger partial charge in [-0.3, -0.25) is 9.69 Å². The van der Waals surface area contributed by atoms with Crippen LogP contribution in [0.25, 0.3) is 0 Å². The van der Waals surface area contributed by atoms with Crippen molar-refractivity contribution in [2.75, 3.05) is 25.0 Å². The van der Waals surface area contributed by atoms with Crippen LogP contribution in [0.1, 0.15) is 37.7 Å². The summed E-state index contributed by atoms with van der Waals surface area (Å²) in [6, 6.07) is 4.79. The van der Waals surface area contributed by atoms with E-state index in [1.54, 1.807) is 19.1 Å². The zero-order valence-electron chi connectivity index (χ0n) is 14.7. The molecule has 1 saturated heterocycles. The number of piperidine rings is 1. The molecule has 1 amide bonds. The molecule has 138 valence electrons. The number of carbonyl (C=O) groups is 1. The average molecular weight is 365 g/mol. The standard InChI is InChI=1S/C18H27N3O3S/c1-13-6-7-16(10-17(13)25(19,23)24)20-18(22)12-21-9-8-14-4-2-3-5-15(14)11-21/h6-7,10,14-15H,2-5,8-9,11-12H2,1H3,(H,20,22)(H2,19,23,24)/t14-,15-/m0/s1. The summed E-state index contributed by atoms with van der Waals surface area (Å²) in [5, 5.41) is 8.02. The highest BCUT2D eigenvalue weighted by Gasteiger charge is 2.31. The van der Waals surface area contributed by atoms with Crippen molar-refractivity contribution < 1.29 is 13.2 Å². The van der Waals surface area contributed by atoms with E-state index in [9.17, 15) is 13.2 Å². The third-order valence-corrected chi connectivity index (χ3v) is 6.57. The second-order valence-corrected chi connectivity index (χ2v) is 8.93. The molecular formula is C18H27N3O3S. The molecule has 0 bridgehead atoms. The Labute approximate surface area is 149 Å². The van der Waals surface area contributed by atoms with Gasteiger partial charge in [0.1, 0.15) is 0 Å². The molecule has 1 saturated carbocycles. The van der Waals surface area contributed by atoms with Crippen LogP contribution in [0.2, 0.25) is 0 Å². The van der Waals surface area contributed by atoms with Gasteiger partial charge in [-0.25, -0.2) is 13.6 Å². The van der Waals surface area contributed by atoms with Crippen LogP contribution >= 0.6 is 0 Å².